The number of aromatic nitrogens is 1. The van der Waals surface area contributed by atoms with Crippen molar-refractivity contribution < 1.29 is 12.6 Å². The van der Waals surface area contributed by atoms with E-state index in [2.05, 4.69) is 20.9 Å². The summed E-state index contributed by atoms with van der Waals surface area (Å²) in [7, 11) is -3.44. The van der Waals surface area contributed by atoms with Crippen LogP contribution < -0.4 is 0 Å². The predicted octanol–water partition coefficient (Wildman–Crippen LogP) is 2.66. The van der Waals surface area contributed by atoms with Crippen molar-refractivity contribution in [1.82, 2.24) is 4.98 Å². The maximum Gasteiger partial charge on any atom is 0.264 e. The van der Waals surface area contributed by atoms with Crippen LogP contribution in [-0.4, -0.2) is 19.7 Å². The molecule has 2 rings (SSSR count). The molecule has 0 aromatic carbocycles. The fourth-order valence-electron chi connectivity index (χ4n) is 1.68. The molecule has 1 aliphatic carbocycles. The molecule has 0 radical (unpaired) electrons. The van der Waals surface area contributed by atoms with Gasteiger partial charge in [0.2, 0.25) is 0 Å². The SMILES string of the molecule is CS(=O)(=O)OC(CC1CC1)c1ccc(Br)nc1. The van der Waals surface area contributed by atoms with Crippen LogP contribution >= 0.6 is 15.9 Å². The minimum absolute atomic E-state index is 0.405. The van der Waals surface area contributed by atoms with Crippen molar-refractivity contribution in [3.8, 4) is 0 Å². The Morgan fingerprint density at radius 2 is 2.24 bits per heavy atom. The highest BCUT2D eigenvalue weighted by Gasteiger charge is 2.29. The number of halogens is 1. The molecule has 1 heterocycles. The highest BCUT2D eigenvalue weighted by Crippen LogP contribution is 2.39. The lowest BCUT2D eigenvalue weighted by Crippen LogP contribution is -2.11. The fourth-order valence-corrected chi connectivity index (χ4v) is 2.52. The normalized spacial score (nSPS) is 18.0. The van der Waals surface area contributed by atoms with Crippen LogP contribution in [0.15, 0.2) is 22.9 Å². The molecule has 1 unspecified atom stereocenters. The molecule has 0 aliphatic heterocycles. The summed E-state index contributed by atoms with van der Waals surface area (Å²) in [5.74, 6) is 0.588. The van der Waals surface area contributed by atoms with Gasteiger partial charge in [0.25, 0.3) is 10.1 Å². The minimum Gasteiger partial charge on any atom is -0.262 e. The Labute approximate surface area is 110 Å². The van der Waals surface area contributed by atoms with E-state index in [4.69, 9.17) is 4.18 Å². The smallest absolute Gasteiger partial charge is 0.262 e. The zero-order chi connectivity index (χ0) is 12.5. The van der Waals surface area contributed by atoms with E-state index < -0.39 is 16.2 Å². The number of rotatable bonds is 5. The van der Waals surface area contributed by atoms with Crippen LogP contribution in [0.5, 0.6) is 0 Å². The van der Waals surface area contributed by atoms with Gasteiger partial charge in [0, 0.05) is 11.8 Å². The van der Waals surface area contributed by atoms with E-state index in [9.17, 15) is 8.42 Å². The molecule has 17 heavy (non-hydrogen) atoms. The van der Waals surface area contributed by atoms with Crippen molar-refractivity contribution in [2.75, 3.05) is 6.26 Å². The van der Waals surface area contributed by atoms with Crippen molar-refractivity contribution in [3.63, 3.8) is 0 Å². The summed E-state index contributed by atoms with van der Waals surface area (Å²) in [6.45, 7) is 0. The van der Waals surface area contributed by atoms with Gasteiger partial charge in [-0.2, -0.15) is 8.42 Å². The highest BCUT2D eigenvalue weighted by atomic mass is 79.9. The largest absolute Gasteiger partial charge is 0.264 e. The second kappa shape index (κ2) is 5.04. The topological polar surface area (TPSA) is 56.3 Å². The van der Waals surface area contributed by atoms with Gasteiger partial charge in [0.05, 0.1) is 6.26 Å². The number of hydrogen-bond acceptors (Lipinski definition) is 4. The average Bonchev–Trinajstić information content (AvgIpc) is 3.00. The van der Waals surface area contributed by atoms with Gasteiger partial charge in [0.1, 0.15) is 10.7 Å². The molecule has 1 atom stereocenters. The molecule has 0 spiro atoms. The zero-order valence-corrected chi connectivity index (χ0v) is 11.9. The third-order valence-electron chi connectivity index (χ3n) is 2.66. The number of hydrogen-bond donors (Lipinski definition) is 0. The summed E-state index contributed by atoms with van der Waals surface area (Å²) in [4.78, 5) is 4.10. The summed E-state index contributed by atoms with van der Waals surface area (Å²) in [5, 5.41) is 0. The lowest BCUT2D eigenvalue weighted by Gasteiger charge is -2.16. The first-order chi connectivity index (χ1) is 7.94. The first kappa shape index (κ1) is 13.0. The van der Waals surface area contributed by atoms with Gasteiger partial charge in [-0.3, -0.25) is 4.18 Å². The van der Waals surface area contributed by atoms with Crippen LogP contribution in [-0.2, 0) is 14.3 Å². The second-order valence-corrected chi connectivity index (χ2v) is 6.80. The molecule has 0 bridgehead atoms. The zero-order valence-electron chi connectivity index (χ0n) is 9.47. The van der Waals surface area contributed by atoms with Gasteiger partial charge in [-0.15, -0.1) is 0 Å². The monoisotopic (exact) mass is 319 g/mol. The van der Waals surface area contributed by atoms with E-state index in [1.54, 1.807) is 12.3 Å². The number of pyridine rings is 1. The Morgan fingerprint density at radius 3 is 2.71 bits per heavy atom. The van der Waals surface area contributed by atoms with Gasteiger partial charge in [-0.05, 0) is 34.3 Å². The molecule has 0 N–H and O–H groups in total. The molecular weight excluding hydrogens is 306 g/mol. The Bertz CT molecular complexity index is 482. The molecule has 4 nitrogen and oxygen atoms in total. The molecular formula is C11H14BrNO3S. The molecule has 1 aromatic heterocycles. The van der Waals surface area contributed by atoms with Gasteiger partial charge in [-0.1, -0.05) is 18.9 Å². The molecule has 0 amide bonds. The first-order valence-corrected chi connectivity index (χ1v) is 8.05. The van der Waals surface area contributed by atoms with Gasteiger partial charge < -0.3 is 0 Å². The fraction of sp³-hybridized carbons (Fsp3) is 0.545. The van der Waals surface area contributed by atoms with Crippen LogP contribution in [0.1, 0.15) is 30.9 Å². The Hall–Kier alpha value is -0.460. The standard InChI is InChI=1S/C11H14BrNO3S/c1-17(14,15)16-10(6-8-2-3-8)9-4-5-11(12)13-7-9/h4-5,7-8,10H,2-3,6H2,1H3. The Morgan fingerprint density at radius 1 is 1.53 bits per heavy atom. The molecule has 0 saturated heterocycles. The Kier molecular flexibility index (Phi) is 3.85. The maximum absolute atomic E-state index is 11.2. The third kappa shape index (κ3) is 4.37. The van der Waals surface area contributed by atoms with Crippen molar-refractivity contribution in [3.05, 3.63) is 28.5 Å². The molecule has 1 fully saturated rings. The Balaban J connectivity index is 2.16. The van der Waals surface area contributed by atoms with Crippen molar-refractivity contribution in [2.24, 2.45) is 5.92 Å². The van der Waals surface area contributed by atoms with Gasteiger partial charge in [0.15, 0.2) is 0 Å². The van der Waals surface area contributed by atoms with E-state index in [-0.39, 0.29) is 0 Å². The summed E-state index contributed by atoms with van der Waals surface area (Å²) >= 11 is 3.25. The lowest BCUT2D eigenvalue weighted by atomic mass is 10.1. The minimum atomic E-state index is -3.44. The van der Waals surface area contributed by atoms with Crippen LogP contribution in [0.3, 0.4) is 0 Å². The molecule has 1 saturated carbocycles. The van der Waals surface area contributed by atoms with Crippen LogP contribution in [0.25, 0.3) is 0 Å². The summed E-state index contributed by atoms with van der Waals surface area (Å²) in [5.41, 5.74) is 0.811. The summed E-state index contributed by atoms with van der Waals surface area (Å²) in [6, 6.07) is 3.64. The average molecular weight is 320 g/mol. The van der Waals surface area contributed by atoms with Crippen molar-refractivity contribution >= 4 is 26.0 Å². The quantitative estimate of drug-likeness (QED) is 0.618. The van der Waals surface area contributed by atoms with Gasteiger partial charge >= 0.3 is 0 Å². The summed E-state index contributed by atoms with van der Waals surface area (Å²) < 4.78 is 28.3. The van der Waals surface area contributed by atoms with Gasteiger partial charge in [-0.25, -0.2) is 4.98 Å². The van der Waals surface area contributed by atoms with Crippen molar-refractivity contribution in [2.45, 2.75) is 25.4 Å². The maximum atomic E-state index is 11.2. The molecule has 94 valence electrons. The van der Waals surface area contributed by atoms with E-state index in [1.807, 2.05) is 6.07 Å². The molecule has 1 aliphatic rings. The molecule has 6 heteroatoms. The third-order valence-corrected chi connectivity index (χ3v) is 3.71. The van der Waals surface area contributed by atoms with Crippen molar-refractivity contribution in [1.29, 1.82) is 0 Å². The lowest BCUT2D eigenvalue weighted by molar-refractivity contribution is 0.197. The van der Waals surface area contributed by atoms with E-state index in [0.29, 0.717) is 5.92 Å². The van der Waals surface area contributed by atoms with Crippen LogP contribution in [0.2, 0.25) is 0 Å². The number of nitrogens with zero attached hydrogens (tertiary/aromatic N) is 1. The van der Waals surface area contributed by atoms with E-state index in [1.165, 1.54) is 0 Å². The first-order valence-electron chi connectivity index (χ1n) is 5.44. The predicted molar refractivity (Wildman–Crippen MR) is 67.9 cm³/mol. The highest BCUT2D eigenvalue weighted by molar-refractivity contribution is 9.10. The van der Waals surface area contributed by atoms with E-state index >= 15 is 0 Å². The second-order valence-electron chi connectivity index (χ2n) is 4.38. The van der Waals surface area contributed by atoms with Crippen LogP contribution in [0, 0.1) is 5.92 Å². The summed E-state index contributed by atoms with van der Waals surface area (Å²) in [6.07, 6.45) is 5.40. The molecule has 1 aromatic rings. The van der Waals surface area contributed by atoms with Crippen LogP contribution in [0.4, 0.5) is 0 Å². The van der Waals surface area contributed by atoms with E-state index in [0.717, 1.165) is 35.7 Å².